The van der Waals surface area contributed by atoms with E-state index in [4.69, 9.17) is 0 Å². The molecular formula is C17H31N3O2. The molecule has 2 aliphatic rings. The van der Waals surface area contributed by atoms with Crippen molar-refractivity contribution >= 4 is 11.8 Å². The predicted molar refractivity (Wildman–Crippen MR) is 87.5 cm³/mol. The van der Waals surface area contributed by atoms with Crippen LogP contribution in [0.5, 0.6) is 0 Å². The number of carbonyl (C=O) groups is 2. The van der Waals surface area contributed by atoms with Gasteiger partial charge in [0.1, 0.15) is 0 Å². The van der Waals surface area contributed by atoms with Crippen LogP contribution in [0.2, 0.25) is 0 Å². The van der Waals surface area contributed by atoms with Crippen molar-refractivity contribution in [3.05, 3.63) is 0 Å². The van der Waals surface area contributed by atoms with Crippen molar-refractivity contribution in [2.75, 3.05) is 19.6 Å². The average molecular weight is 309 g/mol. The number of likely N-dealkylation sites (tertiary alicyclic amines) is 2. The van der Waals surface area contributed by atoms with Gasteiger partial charge in [-0.25, -0.2) is 0 Å². The van der Waals surface area contributed by atoms with E-state index in [1.54, 1.807) is 4.90 Å². The highest BCUT2D eigenvalue weighted by Gasteiger charge is 2.29. The quantitative estimate of drug-likeness (QED) is 0.761. The van der Waals surface area contributed by atoms with Gasteiger partial charge in [0.15, 0.2) is 0 Å². The molecule has 2 fully saturated rings. The molecule has 22 heavy (non-hydrogen) atoms. The fraction of sp³-hybridized carbons (Fsp3) is 0.882. The topological polar surface area (TPSA) is 52.7 Å². The van der Waals surface area contributed by atoms with E-state index in [0.717, 1.165) is 19.4 Å². The lowest BCUT2D eigenvalue weighted by Crippen LogP contribution is -2.45. The Morgan fingerprint density at radius 1 is 1.14 bits per heavy atom. The molecule has 0 aromatic heterocycles. The zero-order valence-corrected chi connectivity index (χ0v) is 14.3. The molecule has 3 unspecified atom stereocenters. The van der Waals surface area contributed by atoms with Crippen LogP contribution in [0.15, 0.2) is 0 Å². The number of amides is 2. The van der Waals surface area contributed by atoms with Crippen molar-refractivity contribution in [1.29, 1.82) is 0 Å². The van der Waals surface area contributed by atoms with Crippen molar-refractivity contribution in [1.82, 2.24) is 15.1 Å². The molecule has 126 valence electrons. The lowest BCUT2D eigenvalue weighted by atomic mass is 9.97. The second-order valence-corrected chi connectivity index (χ2v) is 6.98. The van der Waals surface area contributed by atoms with Gasteiger partial charge in [-0.15, -0.1) is 0 Å². The van der Waals surface area contributed by atoms with E-state index in [1.165, 1.54) is 19.3 Å². The Kier molecular flexibility index (Phi) is 6.24. The lowest BCUT2D eigenvalue weighted by molar-refractivity contribution is -0.134. The van der Waals surface area contributed by atoms with Crippen LogP contribution in [0.4, 0.5) is 0 Å². The van der Waals surface area contributed by atoms with Crippen LogP contribution in [-0.2, 0) is 9.59 Å². The van der Waals surface area contributed by atoms with Gasteiger partial charge in [0.25, 0.3) is 0 Å². The number of piperidine rings is 1. The summed E-state index contributed by atoms with van der Waals surface area (Å²) in [7, 11) is 0. The third-order valence-electron chi connectivity index (χ3n) is 5.23. The zero-order chi connectivity index (χ0) is 16.1. The summed E-state index contributed by atoms with van der Waals surface area (Å²) in [5, 5.41) is 2.96. The molecule has 0 spiro atoms. The smallest absolute Gasteiger partial charge is 0.239 e. The molecule has 0 bridgehead atoms. The molecule has 0 radical (unpaired) electrons. The highest BCUT2D eigenvalue weighted by atomic mass is 16.2. The van der Waals surface area contributed by atoms with Crippen LogP contribution in [0.3, 0.4) is 0 Å². The molecule has 3 atom stereocenters. The second kappa shape index (κ2) is 7.95. The summed E-state index contributed by atoms with van der Waals surface area (Å²) in [6.07, 6.45) is 6.33. The summed E-state index contributed by atoms with van der Waals surface area (Å²) < 4.78 is 0. The molecule has 2 amide bonds. The second-order valence-electron chi connectivity index (χ2n) is 6.98. The van der Waals surface area contributed by atoms with Gasteiger partial charge in [-0.1, -0.05) is 6.42 Å². The number of hydrogen-bond donors (Lipinski definition) is 1. The molecule has 0 aromatic carbocycles. The van der Waals surface area contributed by atoms with Crippen molar-refractivity contribution < 1.29 is 9.59 Å². The van der Waals surface area contributed by atoms with Crippen molar-refractivity contribution in [2.24, 2.45) is 0 Å². The lowest BCUT2D eigenvalue weighted by Gasteiger charge is -2.39. The molecule has 0 aliphatic carbocycles. The van der Waals surface area contributed by atoms with Crippen molar-refractivity contribution in [3.8, 4) is 0 Å². The van der Waals surface area contributed by atoms with Crippen LogP contribution in [0, 0.1) is 0 Å². The zero-order valence-electron chi connectivity index (χ0n) is 14.3. The Balaban J connectivity index is 1.64. The molecule has 0 saturated carbocycles. The minimum Gasteiger partial charge on any atom is -0.355 e. The number of nitrogens with one attached hydrogen (secondary N) is 1. The first-order valence-corrected chi connectivity index (χ1v) is 8.81. The fourth-order valence-electron chi connectivity index (χ4n) is 3.74. The Labute approximate surface area is 134 Å². The van der Waals surface area contributed by atoms with Gasteiger partial charge in [-0.3, -0.25) is 14.5 Å². The standard InChI is InChI=1S/C17H31N3O2/c1-13-6-4-7-14(2)19(13)11-5-10-18-16(21)12-20-15(3)8-9-17(20)22/h13-15H,4-12H2,1-3H3,(H,18,21). The van der Waals surface area contributed by atoms with Crippen molar-refractivity contribution in [2.45, 2.75) is 77.4 Å². The molecular weight excluding hydrogens is 278 g/mol. The maximum Gasteiger partial charge on any atom is 0.239 e. The van der Waals surface area contributed by atoms with Crippen LogP contribution >= 0.6 is 0 Å². The van der Waals surface area contributed by atoms with E-state index in [9.17, 15) is 9.59 Å². The van der Waals surface area contributed by atoms with Gasteiger partial charge in [0.05, 0.1) is 6.54 Å². The fourth-order valence-corrected chi connectivity index (χ4v) is 3.74. The van der Waals surface area contributed by atoms with Gasteiger partial charge in [0.2, 0.25) is 11.8 Å². The third-order valence-corrected chi connectivity index (χ3v) is 5.23. The van der Waals surface area contributed by atoms with Crippen LogP contribution in [0.25, 0.3) is 0 Å². The molecule has 2 rings (SSSR count). The van der Waals surface area contributed by atoms with E-state index in [0.29, 0.717) is 25.0 Å². The van der Waals surface area contributed by atoms with Crippen LogP contribution in [0.1, 0.15) is 59.3 Å². The summed E-state index contributed by atoms with van der Waals surface area (Å²) in [5.41, 5.74) is 0. The van der Waals surface area contributed by atoms with Crippen LogP contribution < -0.4 is 5.32 Å². The van der Waals surface area contributed by atoms with E-state index in [2.05, 4.69) is 24.1 Å². The Morgan fingerprint density at radius 3 is 2.41 bits per heavy atom. The summed E-state index contributed by atoms with van der Waals surface area (Å²) in [6.45, 7) is 8.57. The number of carbonyl (C=O) groups excluding carboxylic acids is 2. The van der Waals surface area contributed by atoms with Gasteiger partial charge >= 0.3 is 0 Å². The summed E-state index contributed by atoms with van der Waals surface area (Å²) in [5.74, 6) is 0.0838. The van der Waals surface area contributed by atoms with Gasteiger partial charge in [0, 0.05) is 37.6 Å². The average Bonchev–Trinajstić information content (AvgIpc) is 2.78. The maximum absolute atomic E-state index is 12.0. The highest BCUT2D eigenvalue weighted by Crippen LogP contribution is 2.22. The molecule has 0 aromatic rings. The van der Waals surface area contributed by atoms with Gasteiger partial charge < -0.3 is 10.2 Å². The first-order chi connectivity index (χ1) is 10.5. The van der Waals surface area contributed by atoms with Gasteiger partial charge in [-0.2, -0.15) is 0 Å². The maximum atomic E-state index is 12.0. The molecule has 2 heterocycles. The van der Waals surface area contributed by atoms with Crippen molar-refractivity contribution in [3.63, 3.8) is 0 Å². The monoisotopic (exact) mass is 309 g/mol. The van der Waals surface area contributed by atoms with E-state index in [-0.39, 0.29) is 24.4 Å². The normalized spacial score (nSPS) is 29.9. The largest absolute Gasteiger partial charge is 0.355 e. The molecule has 2 aliphatic heterocycles. The highest BCUT2D eigenvalue weighted by molar-refractivity contribution is 5.86. The molecule has 1 N–H and O–H groups in total. The summed E-state index contributed by atoms with van der Waals surface area (Å²) >= 11 is 0. The Morgan fingerprint density at radius 2 is 1.82 bits per heavy atom. The van der Waals surface area contributed by atoms with Gasteiger partial charge in [-0.05, 0) is 46.5 Å². The summed E-state index contributed by atoms with van der Waals surface area (Å²) in [4.78, 5) is 27.9. The summed E-state index contributed by atoms with van der Waals surface area (Å²) in [6, 6.07) is 1.51. The Hall–Kier alpha value is -1.10. The first-order valence-electron chi connectivity index (χ1n) is 8.81. The molecule has 5 heteroatoms. The number of nitrogens with zero attached hydrogens (tertiary/aromatic N) is 2. The SMILES string of the molecule is CC1CCC(=O)N1CC(=O)NCCCN1C(C)CCCC1C. The minimum absolute atomic E-state index is 0.0261. The number of rotatable bonds is 6. The van der Waals surface area contributed by atoms with E-state index in [1.807, 2.05) is 6.92 Å². The Bertz CT molecular complexity index is 389. The minimum atomic E-state index is -0.0261. The molecule has 2 saturated heterocycles. The third kappa shape index (κ3) is 4.45. The van der Waals surface area contributed by atoms with E-state index >= 15 is 0 Å². The van der Waals surface area contributed by atoms with E-state index < -0.39 is 0 Å². The predicted octanol–water partition coefficient (Wildman–Crippen LogP) is 1.77. The number of hydrogen-bond acceptors (Lipinski definition) is 3. The molecule has 5 nitrogen and oxygen atoms in total. The van der Waals surface area contributed by atoms with Crippen LogP contribution in [-0.4, -0.2) is 59.4 Å². The first kappa shape index (κ1) is 17.3.